The maximum absolute atomic E-state index is 12.9. The van der Waals surface area contributed by atoms with Crippen molar-refractivity contribution in [3.8, 4) is 11.8 Å². The summed E-state index contributed by atoms with van der Waals surface area (Å²) >= 11 is 0. The molecule has 0 amide bonds. The quantitative estimate of drug-likeness (QED) is 0.836. The highest BCUT2D eigenvalue weighted by Gasteiger charge is 2.41. The summed E-state index contributed by atoms with van der Waals surface area (Å²) in [6.07, 6.45) is 2.69. The van der Waals surface area contributed by atoms with Gasteiger partial charge in [-0.3, -0.25) is 4.79 Å². The van der Waals surface area contributed by atoms with Crippen molar-refractivity contribution in [1.29, 1.82) is 5.26 Å². The maximum atomic E-state index is 12.9. The van der Waals surface area contributed by atoms with Gasteiger partial charge in [-0.2, -0.15) is 10.4 Å². The van der Waals surface area contributed by atoms with Crippen molar-refractivity contribution in [3.63, 3.8) is 0 Å². The summed E-state index contributed by atoms with van der Waals surface area (Å²) in [7, 11) is 0. The van der Waals surface area contributed by atoms with Crippen molar-refractivity contribution in [1.82, 2.24) is 9.78 Å². The lowest BCUT2D eigenvalue weighted by molar-refractivity contribution is -0.118. The molecular formula is C19H18N4O2. The summed E-state index contributed by atoms with van der Waals surface area (Å²) in [5.41, 5.74) is 2.59. The third-order valence-corrected chi connectivity index (χ3v) is 4.81. The molecule has 4 rings (SSSR count). The van der Waals surface area contributed by atoms with Crippen LogP contribution in [0.25, 0.3) is 0 Å². The molecule has 0 spiro atoms. The smallest absolute Gasteiger partial charge is 0.163 e. The zero-order valence-electron chi connectivity index (χ0n) is 14.1. The predicted octanol–water partition coefficient (Wildman–Crippen LogP) is 3.12. The predicted molar refractivity (Wildman–Crippen MR) is 91.9 cm³/mol. The molecule has 1 aromatic carbocycles. The van der Waals surface area contributed by atoms with E-state index >= 15 is 0 Å². The molecule has 1 aliphatic heterocycles. The number of nitriles is 1. The number of allylic oxidation sites excluding steroid dienone is 2. The van der Waals surface area contributed by atoms with E-state index in [0.29, 0.717) is 23.4 Å². The third kappa shape index (κ3) is 2.40. The van der Waals surface area contributed by atoms with E-state index in [2.05, 4.69) is 30.3 Å². The molecule has 25 heavy (non-hydrogen) atoms. The largest absolute Gasteiger partial charge is 0.508 e. The van der Waals surface area contributed by atoms with Crippen molar-refractivity contribution >= 4 is 11.6 Å². The minimum Gasteiger partial charge on any atom is -0.508 e. The van der Waals surface area contributed by atoms with Gasteiger partial charge in [0.2, 0.25) is 0 Å². The fourth-order valence-corrected chi connectivity index (χ4v) is 3.80. The molecule has 0 saturated carbocycles. The van der Waals surface area contributed by atoms with Crippen molar-refractivity contribution in [2.45, 2.75) is 32.7 Å². The molecule has 1 unspecified atom stereocenters. The van der Waals surface area contributed by atoms with Gasteiger partial charge in [0.25, 0.3) is 0 Å². The normalized spacial score (nSPS) is 21.2. The lowest BCUT2D eigenvalue weighted by Crippen LogP contribution is -2.36. The Labute approximate surface area is 145 Å². The van der Waals surface area contributed by atoms with Gasteiger partial charge in [-0.1, -0.05) is 26.0 Å². The van der Waals surface area contributed by atoms with E-state index in [4.69, 9.17) is 0 Å². The number of hydrogen-bond donors (Lipinski definition) is 2. The SMILES string of the molecule is CC1(C)CC(=O)C2=C(C1)Nc1c(C#N)cnn1C2c1cccc(O)c1. The van der Waals surface area contributed by atoms with E-state index in [1.165, 1.54) is 6.20 Å². The monoisotopic (exact) mass is 334 g/mol. The van der Waals surface area contributed by atoms with Crippen LogP contribution in [0.3, 0.4) is 0 Å². The number of carbonyl (C=O) groups excluding carboxylic acids is 1. The second-order valence-corrected chi connectivity index (χ2v) is 7.42. The van der Waals surface area contributed by atoms with E-state index in [-0.39, 0.29) is 16.9 Å². The number of aromatic nitrogens is 2. The Morgan fingerprint density at radius 1 is 1.40 bits per heavy atom. The summed E-state index contributed by atoms with van der Waals surface area (Å²) < 4.78 is 1.67. The molecule has 2 aliphatic rings. The summed E-state index contributed by atoms with van der Waals surface area (Å²) in [5.74, 6) is 0.808. The molecule has 2 heterocycles. The molecule has 0 bridgehead atoms. The highest BCUT2D eigenvalue weighted by Crippen LogP contribution is 2.46. The van der Waals surface area contributed by atoms with Gasteiger partial charge in [0.15, 0.2) is 5.78 Å². The second-order valence-electron chi connectivity index (χ2n) is 7.42. The number of phenols is 1. The van der Waals surface area contributed by atoms with Crippen LogP contribution in [-0.2, 0) is 4.79 Å². The molecule has 0 fully saturated rings. The molecule has 2 N–H and O–H groups in total. The van der Waals surface area contributed by atoms with Crippen LogP contribution in [0.1, 0.15) is 43.9 Å². The Morgan fingerprint density at radius 2 is 2.20 bits per heavy atom. The molecule has 126 valence electrons. The number of aromatic hydroxyl groups is 1. The van der Waals surface area contributed by atoms with Crippen LogP contribution in [0.5, 0.6) is 5.75 Å². The maximum Gasteiger partial charge on any atom is 0.163 e. The molecular weight excluding hydrogens is 316 g/mol. The van der Waals surface area contributed by atoms with Gasteiger partial charge in [0.1, 0.15) is 29.2 Å². The average molecular weight is 334 g/mol. The van der Waals surface area contributed by atoms with Gasteiger partial charge in [0.05, 0.1) is 6.20 Å². The molecule has 1 atom stereocenters. The zero-order chi connectivity index (χ0) is 17.8. The van der Waals surface area contributed by atoms with E-state index in [1.54, 1.807) is 22.9 Å². The lowest BCUT2D eigenvalue weighted by atomic mass is 9.73. The fraction of sp³-hybridized carbons (Fsp3) is 0.316. The van der Waals surface area contributed by atoms with Crippen molar-refractivity contribution < 1.29 is 9.90 Å². The number of carbonyl (C=O) groups is 1. The first-order chi connectivity index (χ1) is 11.9. The molecule has 6 heteroatoms. The number of hydrogen-bond acceptors (Lipinski definition) is 5. The molecule has 0 saturated heterocycles. The van der Waals surface area contributed by atoms with Crippen LogP contribution in [0, 0.1) is 16.7 Å². The van der Waals surface area contributed by atoms with Crippen LogP contribution in [0.2, 0.25) is 0 Å². The number of nitrogens with zero attached hydrogens (tertiary/aromatic N) is 3. The van der Waals surface area contributed by atoms with Crippen molar-refractivity contribution in [2.75, 3.05) is 5.32 Å². The Hall–Kier alpha value is -3.07. The Kier molecular flexibility index (Phi) is 3.22. The summed E-state index contributed by atoms with van der Waals surface area (Å²) in [4.78, 5) is 12.9. The minimum absolute atomic E-state index is 0.0757. The second kappa shape index (κ2) is 5.21. The third-order valence-electron chi connectivity index (χ3n) is 4.81. The first kappa shape index (κ1) is 15.5. The molecule has 1 aliphatic carbocycles. The number of Topliss-reactive ketones (excluding diaryl/α,β-unsaturated/α-hetero) is 1. The fourth-order valence-electron chi connectivity index (χ4n) is 3.80. The minimum atomic E-state index is -0.441. The summed E-state index contributed by atoms with van der Waals surface area (Å²) in [5, 5.41) is 26.9. The van der Waals surface area contributed by atoms with Crippen LogP contribution in [0.4, 0.5) is 5.82 Å². The highest BCUT2D eigenvalue weighted by molar-refractivity contribution is 6.00. The first-order valence-corrected chi connectivity index (χ1v) is 8.19. The Bertz CT molecular complexity index is 962. The van der Waals surface area contributed by atoms with Crippen LogP contribution in [-0.4, -0.2) is 20.7 Å². The average Bonchev–Trinajstić information content (AvgIpc) is 2.94. The Morgan fingerprint density at radius 3 is 2.92 bits per heavy atom. The Balaban J connectivity index is 1.95. The van der Waals surface area contributed by atoms with E-state index < -0.39 is 6.04 Å². The highest BCUT2D eigenvalue weighted by atomic mass is 16.3. The lowest BCUT2D eigenvalue weighted by Gasteiger charge is -2.38. The summed E-state index contributed by atoms with van der Waals surface area (Å²) in [6.45, 7) is 4.13. The number of ketones is 1. The van der Waals surface area contributed by atoms with E-state index in [1.807, 2.05) is 6.07 Å². The number of nitrogens with one attached hydrogen (secondary N) is 1. The van der Waals surface area contributed by atoms with Gasteiger partial charge >= 0.3 is 0 Å². The molecule has 1 aromatic heterocycles. The number of anilines is 1. The zero-order valence-corrected chi connectivity index (χ0v) is 14.1. The topological polar surface area (TPSA) is 90.9 Å². The number of benzene rings is 1. The van der Waals surface area contributed by atoms with Crippen LogP contribution >= 0.6 is 0 Å². The molecule has 6 nitrogen and oxygen atoms in total. The number of fused-ring (bicyclic) bond motifs is 1. The van der Waals surface area contributed by atoms with Gasteiger partial charge in [-0.05, 0) is 29.5 Å². The first-order valence-electron chi connectivity index (χ1n) is 8.19. The van der Waals surface area contributed by atoms with E-state index in [9.17, 15) is 15.2 Å². The van der Waals surface area contributed by atoms with Gasteiger partial charge in [-0.15, -0.1) is 0 Å². The number of rotatable bonds is 1. The molecule has 2 aromatic rings. The van der Waals surface area contributed by atoms with Crippen molar-refractivity contribution in [2.24, 2.45) is 5.41 Å². The van der Waals surface area contributed by atoms with Gasteiger partial charge in [-0.25, -0.2) is 4.68 Å². The van der Waals surface area contributed by atoms with Gasteiger partial charge < -0.3 is 10.4 Å². The van der Waals surface area contributed by atoms with Crippen LogP contribution in [0.15, 0.2) is 41.7 Å². The standard InChI is InChI=1S/C19H18N4O2/c1-19(2)7-14-16(15(25)8-19)17(11-4-3-5-13(24)6-11)23-18(22-14)12(9-20)10-21-23/h3-6,10,17,22,24H,7-8H2,1-2H3. The van der Waals surface area contributed by atoms with Gasteiger partial charge in [0, 0.05) is 17.7 Å². The van der Waals surface area contributed by atoms with E-state index in [0.717, 1.165) is 17.7 Å². The number of phenolic OH excluding ortho intramolecular Hbond substituents is 1. The van der Waals surface area contributed by atoms with Crippen LogP contribution < -0.4 is 5.32 Å². The summed E-state index contributed by atoms with van der Waals surface area (Å²) in [6, 6.07) is 8.55. The molecule has 0 radical (unpaired) electrons. The van der Waals surface area contributed by atoms with Crippen molar-refractivity contribution in [3.05, 3.63) is 52.9 Å².